The predicted molar refractivity (Wildman–Crippen MR) is 105 cm³/mol. The zero-order valence-corrected chi connectivity index (χ0v) is 17.2. The van der Waals surface area contributed by atoms with Crippen LogP contribution in [0, 0.1) is 0 Å². The number of carbonyl (C=O) groups is 1. The van der Waals surface area contributed by atoms with Crippen molar-refractivity contribution in [2.24, 2.45) is 0 Å². The number of hydrogen-bond donors (Lipinski definition) is 0. The van der Waals surface area contributed by atoms with Gasteiger partial charge in [-0.2, -0.15) is 8.42 Å². The summed E-state index contributed by atoms with van der Waals surface area (Å²) in [6, 6.07) is 9.03. The smallest absolute Gasteiger partial charge is 0.311 e. The molecule has 1 aromatic heterocycles. The molecular formula is C19H23NO5S2. The molecule has 8 heteroatoms. The van der Waals surface area contributed by atoms with Gasteiger partial charge in [-0.05, 0) is 55.8 Å². The van der Waals surface area contributed by atoms with Crippen molar-refractivity contribution in [2.75, 3.05) is 7.11 Å². The van der Waals surface area contributed by atoms with Crippen molar-refractivity contribution < 1.29 is 22.1 Å². The maximum absolute atomic E-state index is 12.8. The average Bonchev–Trinajstić information content (AvgIpc) is 3.31. The molecule has 3 rings (SSSR count). The first kappa shape index (κ1) is 19.7. The zero-order valence-electron chi connectivity index (χ0n) is 15.5. The van der Waals surface area contributed by atoms with Crippen LogP contribution in [0.25, 0.3) is 0 Å². The number of methoxy groups -OCH3 is 1. The molecule has 0 radical (unpaired) electrons. The SMILES string of the molecule is COc1ccc(CN(C(=O)c2cccs2)C2CC2)cc1OS(=O)(=O)C(C)C. The highest BCUT2D eigenvalue weighted by Crippen LogP contribution is 2.34. The van der Waals surface area contributed by atoms with Crippen LogP contribution in [0.4, 0.5) is 0 Å². The fraction of sp³-hybridized carbons (Fsp3) is 0.421. The lowest BCUT2D eigenvalue weighted by Gasteiger charge is -2.22. The molecule has 0 saturated heterocycles. The fourth-order valence-electron chi connectivity index (χ4n) is 2.60. The van der Waals surface area contributed by atoms with E-state index < -0.39 is 15.4 Å². The third-order valence-corrected chi connectivity index (χ3v) is 6.77. The van der Waals surface area contributed by atoms with E-state index in [2.05, 4.69) is 0 Å². The summed E-state index contributed by atoms with van der Waals surface area (Å²) in [5.74, 6) is 0.481. The largest absolute Gasteiger partial charge is 0.493 e. The Hall–Kier alpha value is -2.06. The lowest BCUT2D eigenvalue weighted by molar-refractivity contribution is 0.0734. The van der Waals surface area contributed by atoms with Crippen LogP contribution in [-0.2, 0) is 16.7 Å². The quantitative estimate of drug-likeness (QED) is 0.622. The van der Waals surface area contributed by atoms with Crippen molar-refractivity contribution in [1.82, 2.24) is 4.90 Å². The molecule has 1 fully saturated rings. The van der Waals surface area contributed by atoms with Crippen LogP contribution in [0.2, 0.25) is 0 Å². The average molecular weight is 410 g/mol. The van der Waals surface area contributed by atoms with Gasteiger partial charge in [0.25, 0.3) is 5.91 Å². The minimum atomic E-state index is -3.74. The number of benzene rings is 1. The Labute approximate surface area is 163 Å². The molecule has 1 aliphatic rings. The number of amides is 1. The number of carbonyl (C=O) groups excluding carboxylic acids is 1. The van der Waals surface area contributed by atoms with Gasteiger partial charge in [-0.3, -0.25) is 4.79 Å². The van der Waals surface area contributed by atoms with E-state index in [-0.39, 0.29) is 17.7 Å². The Morgan fingerprint density at radius 2 is 2.00 bits per heavy atom. The van der Waals surface area contributed by atoms with Crippen LogP contribution in [-0.4, -0.2) is 37.6 Å². The molecule has 6 nitrogen and oxygen atoms in total. The number of rotatable bonds is 8. The second-order valence-corrected chi connectivity index (χ2v) is 9.79. The lowest BCUT2D eigenvalue weighted by atomic mass is 10.2. The molecule has 0 unspecified atom stereocenters. The summed E-state index contributed by atoms with van der Waals surface area (Å²) in [4.78, 5) is 15.3. The molecule has 146 valence electrons. The molecule has 0 spiro atoms. The zero-order chi connectivity index (χ0) is 19.6. The third-order valence-electron chi connectivity index (χ3n) is 4.34. The maximum Gasteiger partial charge on any atom is 0.311 e. The van der Waals surface area contributed by atoms with Gasteiger partial charge in [0, 0.05) is 12.6 Å². The van der Waals surface area contributed by atoms with Gasteiger partial charge in [-0.15, -0.1) is 11.3 Å². The molecule has 1 aliphatic carbocycles. The highest BCUT2D eigenvalue weighted by Gasteiger charge is 2.33. The van der Waals surface area contributed by atoms with Gasteiger partial charge in [0.1, 0.15) is 0 Å². The molecule has 2 aromatic rings. The Morgan fingerprint density at radius 1 is 1.26 bits per heavy atom. The standard InChI is InChI=1S/C19H23NO5S2/c1-13(2)27(22,23)25-17-11-14(6-9-16(17)24-3)12-20(15-7-8-15)19(21)18-5-4-10-26-18/h4-6,9-11,13,15H,7-8,12H2,1-3H3. The summed E-state index contributed by atoms with van der Waals surface area (Å²) < 4.78 is 34.8. The van der Waals surface area contributed by atoms with Crippen LogP contribution in [0.15, 0.2) is 35.7 Å². The van der Waals surface area contributed by atoms with E-state index in [1.165, 1.54) is 18.4 Å². The lowest BCUT2D eigenvalue weighted by Crippen LogP contribution is -2.32. The van der Waals surface area contributed by atoms with E-state index in [4.69, 9.17) is 8.92 Å². The molecule has 1 heterocycles. The minimum Gasteiger partial charge on any atom is -0.493 e. The second kappa shape index (κ2) is 7.90. The summed E-state index contributed by atoms with van der Waals surface area (Å²) in [5.41, 5.74) is 0.793. The number of hydrogen-bond acceptors (Lipinski definition) is 6. The van der Waals surface area contributed by atoms with Crippen molar-refractivity contribution in [3.05, 3.63) is 46.2 Å². The second-order valence-electron chi connectivity index (χ2n) is 6.75. The Kier molecular flexibility index (Phi) is 5.76. The third kappa shape index (κ3) is 4.62. The highest BCUT2D eigenvalue weighted by molar-refractivity contribution is 7.87. The van der Waals surface area contributed by atoms with Gasteiger partial charge >= 0.3 is 10.1 Å². The summed E-state index contributed by atoms with van der Waals surface area (Å²) in [6.45, 7) is 3.50. The van der Waals surface area contributed by atoms with E-state index in [0.717, 1.165) is 18.4 Å². The number of ether oxygens (including phenoxy) is 1. The summed E-state index contributed by atoms with van der Waals surface area (Å²) in [7, 11) is -2.28. The van der Waals surface area contributed by atoms with E-state index in [9.17, 15) is 13.2 Å². The summed E-state index contributed by atoms with van der Waals surface area (Å²) in [5, 5.41) is 1.21. The van der Waals surface area contributed by atoms with Crippen molar-refractivity contribution in [3.63, 3.8) is 0 Å². The van der Waals surface area contributed by atoms with Crippen LogP contribution in [0.3, 0.4) is 0 Å². The van der Waals surface area contributed by atoms with Gasteiger partial charge in [0.2, 0.25) is 0 Å². The summed E-state index contributed by atoms with van der Waals surface area (Å²) >= 11 is 1.42. The molecule has 0 aliphatic heterocycles. The molecule has 0 bridgehead atoms. The van der Waals surface area contributed by atoms with E-state index >= 15 is 0 Å². The highest BCUT2D eigenvalue weighted by atomic mass is 32.2. The van der Waals surface area contributed by atoms with Crippen molar-refractivity contribution >= 4 is 27.4 Å². The predicted octanol–water partition coefficient (Wildman–Crippen LogP) is 3.68. The minimum absolute atomic E-state index is 0.000545. The van der Waals surface area contributed by atoms with Crippen molar-refractivity contribution in [1.29, 1.82) is 0 Å². The molecule has 0 N–H and O–H groups in total. The fourth-order valence-corrected chi connectivity index (χ4v) is 3.85. The van der Waals surface area contributed by atoms with Gasteiger partial charge in [0.15, 0.2) is 11.5 Å². The topological polar surface area (TPSA) is 72.9 Å². The van der Waals surface area contributed by atoms with Crippen LogP contribution in [0.5, 0.6) is 11.5 Å². The van der Waals surface area contributed by atoms with Gasteiger partial charge < -0.3 is 13.8 Å². The van der Waals surface area contributed by atoms with Gasteiger partial charge in [0.05, 0.1) is 17.2 Å². The first-order valence-electron chi connectivity index (χ1n) is 8.76. The number of nitrogens with zero attached hydrogens (tertiary/aromatic N) is 1. The molecule has 27 heavy (non-hydrogen) atoms. The first-order valence-corrected chi connectivity index (χ1v) is 11.1. The first-order chi connectivity index (χ1) is 12.8. The molecular weight excluding hydrogens is 386 g/mol. The van der Waals surface area contributed by atoms with Crippen LogP contribution in [0.1, 0.15) is 41.9 Å². The summed E-state index contributed by atoms with van der Waals surface area (Å²) in [6.07, 6.45) is 1.97. The van der Waals surface area contributed by atoms with E-state index in [1.807, 2.05) is 28.5 Å². The molecule has 1 amide bonds. The Bertz CT molecular complexity index is 902. The van der Waals surface area contributed by atoms with Crippen LogP contribution < -0.4 is 8.92 Å². The normalized spacial score (nSPS) is 14.2. The van der Waals surface area contributed by atoms with E-state index in [0.29, 0.717) is 17.2 Å². The van der Waals surface area contributed by atoms with Crippen molar-refractivity contribution in [2.45, 2.75) is 44.5 Å². The number of thiophene rings is 1. The monoisotopic (exact) mass is 409 g/mol. The van der Waals surface area contributed by atoms with Gasteiger partial charge in [-0.1, -0.05) is 12.1 Å². The van der Waals surface area contributed by atoms with E-state index in [1.54, 1.807) is 26.0 Å². The maximum atomic E-state index is 12.8. The van der Waals surface area contributed by atoms with Gasteiger partial charge in [-0.25, -0.2) is 0 Å². The Morgan fingerprint density at radius 3 is 2.56 bits per heavy atom. The molecule has 0 atom stereocenters. The van der Waals surface area contributed by atoms with Crippen molar-refractivity contribution in [3.8, 4) is 11.5 Å². The van der Waals surface area contributed by atoms with Crippen LogP contribution >= 0.6 is 11.3 Å². The molecule has 1 saturated carbocycles. The molecule has 1 aromatic carbocycles. The Balaban J connectivity index is 1.85.